The number of aliphatic hydroxyl groups excluding tert-OH is 1. The number of ether oxygens (including phenoxy) is 1. The summed E-state index contributed by atoms with van der Waals surface area (Å²) in [5.74, 6) is -0.681. The van der Waals surface area contributed by atoms with Crippen molar-refractivity contribution < 1.29 is 19.4 Å². The van der Waals surface area contributed by atoms with Crippen LogP contribution in [0.5, 0.6) is 0 Å². The first kappa shape index (κ1) is 18.4. The van der Waals surface area contributed by atoms with E-state index in [1.54, 1.807) is 19.9 Å². The minimum atomic E-state index is -0.707. The highest BCUT2D eigenvalue weighted by atomic mass is 16.5. The molecule has 4 heteroatoms. The monoisotopic (exact) mass is 330 g/mol. The van der Waals surface area contributed by atoms with Crippen molar-refractivity contribution in [3.63, 3.8) is 0 Å². The highest BCUT2D eigenvalue weighted by Crippen LogP contribution is 2.25. The largest absolute Gasteiger partial charge is 0.454 e. The highest BCUT2D eigenvalue weighted by Gasteiger charge is 2.30. The number of carbonyl (C=O) groups excluding carboxylic acids is 2. The number of carbonyl (C=O) groups is 2. The van der Waals surface area contributed by atoms with Crippen molar-refractivity contribution in [3.05, 3.63) is 46.6 Å². The fourth-order valence-corrected chi connectivity index (χ4v) is 3.00. The molecule has 130 valence electrons. The molecule has 0 saturated heterocycles. The molecule has 0 aromatic rings. The molecule has 0 spiro atoms. The fraction of sp³-hybridized carbons (Fsp3) is 0.500. The number of rotatable bonds is 5. The van der Waals surface area contributed by atoms with Crippen molar-refractivity contribution in [1.29, 1.82) is 0 Å². The second kappa shape index (κ2) is 7.75. The van der Waals surface area contributed by atoms with Crippen molar-refractivity contribution in [3.8, 4) is 0 Å². The second-order valence-corrected chi connectivity index (χ2v) is 6.75. The lowest BCUT2D eigenvalue weighted by molar-refractivity contribution is -0.143. The molecule has 0 aromatic heterocycles. The van der Waals surface area contributed by atoms with E-state index in [2.05, 4.69) is 6.08 Å². The van der Waals surface area contributed by atoms with Gasteiger partial charge in [-0.15, -0.1) is 0 Å². The number of hydrogen-bond donors (Lipinski definition) is 1. The van der Waals surface area contributed by atoms with Crippen LogP contribution in [0.4, 0.5) is 0 Å². The third-order valence-electron chi connectivity index (χ3n) is 4.67. The average Bonchev–Trinajstić information content (AvgIpc) is 2.76. The van der Waals surface area contributed by atoms with Gasteiger partial charge in [-0.3, -0.25) is 4.79 Å². The summed E-state index contributed by atoms with van der Waals surface area (Å²) in [6, 6.07) is 0. The lowest BCUT2D eigenvalue weighted by atomic mass is 9.97. The van der Waals surface area contributed by atoms with Crippen molar-refractivity contribution in [2.24, 2.45) is 5.92 Å². The van der Waals surface area contributed by atoms with Crippen LogP contribution in [0, 0.1) is 5.92 Å². The van der Waals surface area contributed by atoms with E-state index in [4.69, 9.17) is 4.74 Å². The molecule has 2 rings (SSSR count). The van der Waals surface area contributed by atoms with Crippen LogP contribution in [-0.4, -0.2) is 29.1 Å². The highest BCUT2D eigenvalue weighted by molar-refractivity contribution is 6.01. The molecule has 2 aliphatic rings. The summed E-state index contributed by atoms with van der Waals surface area (Å²) in [6.45, 7) is 7.45. The van der Waals surface area contributed by atoms with Gasteiger partial charge in [0.25, 0.3) is 0 Å². The van der Waals surface area contributed by atoms with Gasteiger partial charge in [0.1, 0.15) is 6.10 Å². The molecule has 0 fully saturated rings. The molecule has 0 saturated carbocycles. The maximum absolute atomic E-state index is 12.0. The summed E-state index contributed by atoms with van der Waals surface area (Å²) in [4.78, 5) is 23.5. The van der Waals surface area contributed by atoms with E-state index in [-0.39, 0.29) is 17.9 Å². The van der Waals surface area contributed by atoms with E-state index in [9.17, 15) is 14.7 Å². The number of aliphatic hydroxyl groups is 1. The Morgan fingerprint density at radius 2 is 2.00 bits per heavy atom. The van der Waals surface area contributed by atoms with Crippen LogP contribution in [0.15, 0.2) is 46.6 Å². The van der Waals surface area contributed by atoms with Crippen LogP contribution in [0.3, 0.4) is 0 Å². The number of hydrogen-bond acceptors (Lipinski definition) is 4. The molecule has 1 aliphatic heterocycles. The van der Waals surface area contributed by atoms with E-state index in [1.807, 2.05) is 26.0 Å². The van der Waals surface area contributed by atoms with Crippen molar-refractivity contribution in [1.82, 2.24) is 0 Å². The third-order valence-corrected chi connectivity index (χ3v) is 4.67. The first-order valence-electron chi connectivity index (χ1n) is 8.42. The maximum Gasteiger partial charge on any atom is 0.333 e. The molecule has 0 bridgehead atoms. The summed E-state index contributed by atoms with van der Waals surface area (Å²) in [5, 5.41) is 9.90. The number of Topliss-reactive ketones (excluding diaryl/α,β-unsaturated/α-hetero) is 1. The first-order valence-corrected chi connectivity index (χ1v) is 8.42. The van der Waals surface area contributed by atoms with Crippen LogP contribution < -0.4 is 0 Å². The predicted octanol–water partition coefficient (Wildman–Crippen LogP) is 3.43. The first-order chi connectivity index (χ1) is 11.3. The Morgan fingerprint density at radius 3 is 2.58 bits per heavy atom. The summed E-state index contributed by atoms with van der Waals surface area (Å²) in [6.07, 6.45) is 8.96. The van der Waals surface area contributed by atoms with Crippen LogP contribution in [0.25, 0.3) is 0 Å². The molecule has 0 unspecified atom stereocenters. The molecule has 0 radical (unpaired) electrons. The number of allylic oxidation sites excluding steroid dienone is 3. The van der Waals surface area contributed by atoms with Gasteiger partial charge < -0.3 is 9.84 Å². The molecule has 0 aromatic carbocycles. The Morgan fingerprint density at radius 1 is 1.29 bits per heavy atom. The molecule has 3 atom stereocenters. The summed E-state index contributed by atoms with van der Waals surface area (Å²) >= 11 is 0. The molecular weight excluding hydrogens is 304 g/mol. The van der Waals surface area contributed by atoms with E-state index in [0.29, 0.717) is 11.1 Å². The normalized spacial score (nSPS) is 28.6. The van der Waals surface area contributed by atoms with Crippen molar-refractivity contribution >= 4 is 11.8 Å². The minimum absolute atomic E-state index is 0.00449. The van der Waals surface area contributed by atoms with Gasteiger partial charge in [-0.05, 0) is 57.8 Å². The van der Waals surface area contributed by atoms with Gasteiger partial charge in [0.15, 0.2) is 5.78 Å². The average molecular weight is 330 g/mol. The second-order valence-electron chi connectivity index (χ2n) is 6.75. The van der Waals surface area contributed by atoms with E-state index < -0.39 is 12.0 Å². The fourth-order valence-electron chi connectivity index (χ4n) is 3.00. The van der Waals surface area contributed by atoms with E-state index in [1.165, 1.54) is 0 Å². The Balaban J connectivity index is 1.88. The minimum Gasteiger partial charge on any atom is -0.454 e. The molecule has 1 heterocycles. The topological polar surface area (TPSA) is 63.6 Å². The number of ketones is 1. The SMILES string of the molecule is CC1=CC[C@H](/C(C)=C/CC/C(C)=C/[C@H]2C(=O)C(C)=C[C@H]2O)OC1=O. The molecule has 4 nitrogen and oxygen atoms in total. The van der Waals surface area contributed by atoms with Gasteiger partial charge in [0.05, 0.1) is 12.0 Å². The predicted molar refractivity (Wildman–Crippen MR) is 93.3 cm³/mol. The van der Waals surface area contributed by atoms with Crippen LogP contribution in [-0.2, 0) is 14.3 Å². The Bertz CT molecular complexity index is 649. The lowest BCUT2D eigenvalue weighted by Gasteiger charge is -2.21. The molecule has 0 amide bonds. The Kier molecular flexibility index (Phi) is 5.94. The molecule has 1 aliphatic carbocycles. The van der Waals surface area contributed by atoms with Crippen molar-refractivity contribution in [2.45, 2.75) is 59.2 Å². The van der Waals surface area contributed by atoms with Gasteiger partial charge >= 0.3 is 5.97 Å². The molecule has 1 N–H and O–H groups in total. The zero-order chi connectivity index (χ0) is 17.9. The zero-order valence-electron chi connectivity index (χ0n) is 14.8. The maximum atomic E-state index is 12.0. The standard InChI is InChI=1S/C20H26O4/c1-12(10-16-17(21)11-15(4)19(16)22)6-5-7-13(2)18-9-8-14(3)20(23)24-18/h7-8,10-11,16-18,21H,5-6,9H2,1-4H3/b12-10+,13-7+/t16-,17-,18-/m1/s1. The van der Waals surface area contributed by atoms with Gasteiger partial charge in [-0.1, -0.05) is 23.8 Å². The van der Waals surface area contributed by atoms with Crippen LogP contribution in [0.2, 0.25) is 0 Å². The Labute approximate surface area is 143 Å². The van der Waals surface area contributed by atoms with Gasteiger partial charge in [0.2, 0.25) is 0 Å². The third kappa shape index (κ3) is 4.32. The van der Waals surface area contributed by atoms with Crippen molar-refractivity contribution in [2.75, 3.05) is 0 Å². The van der Waals surface area contributed by atoms with Gasteiger partial charge in [0, 0.05) is 12.0 Å². The number of cyclic esters (lactones) is 1. The van der Waals surface area contributed by atoms with Gasteiger partial charge in [-0.25, -0.2) is 4.79 Å². The van der Waals surface area contributed by atoms with Crippen LogP contribution >= 0.6 is 0 Å². The molecule has 24 heavy (non-hydrogen) atoms. The zero-order valence-corrected chi connectivity index (χ0v) is 14.8. The number of esters is 1. The smallest absolute Gasteiger partial charge is 0.333 e. The summed E-state index contributed by atoms with van der Waals surface area (Å²) < 4.78 is 5.39. The Hall–Kier alpha value is -1.94. The lowest BCUT2D eigenvalue weighted by Crippen LogP contribution is -2.23. The van der Waals surface area contributed by atoms with E-state index >= 15 is 0 Å². The quantitative estimate of drug-likeness (QED) is 0.619. The summed E-state index contributed by atoms with van der Waals surface area (Å²) in [7, 11) is 0. The molecular formula is C20H26O4. The van der Waals surface area contributed by atoms with Gasteiger partial charge in [-0.2, -0.15) is 0 Å². The van der Waals surface area contributed by atoms with Crippen LogP contribution in [0.1, 0.15) is 47.0 Å². The van der Waals surface area contributed by atoms with E-state index in [0.717, 1.165) is 30.4 Å². The summed E-state index contributed by atoms with van der Waals surface area (Å²) in [5.41, 5.74) is 3.43.